The Labute approximate surface area is 184 Å². The van der Waals surface area contributed by atoms with Gasteiger partial charge in [0.2, 0.25) is 11.8 Å². The average molecular weight is 434 g/mol. The molecule has 8 heteroatoms. The molecule has 0 radical (unpaired) electrons. The number of benzene rings is 1. The summed E-state index contributed by atoms with van der Waals surface area (Å²) in [6.07, 6.45) is 4.46. The first kappa shape index (κ1) is 24.5. The minimum atomic E-state index is -0.880. The zero-order chi connectivity index (χ0) is 23.2. The first-order valence-electron chi connectivity index (χ1n) is 10.8. The highest BCUT2D eigenvalue weighted by Crippen LogP contribution is 2.26. The van der Waals surface area contributed by atoms with Gasteiger partial charge in [-0.25, -0.2) is 4.79 Å². The van der Waals surface area contributed by atoms with Gasteiger partial charge in [0.25, 0.3) is 0 Å². The summed E-state index contributed by atoms with van der Waals surface area (Å²) in [7, 11) is 1.53. The number of phenols is 1. The van der Waals surface area contributed by atoms with E-state index in [-0.39, 0.29) is 24.2 Å². The number of nitrogens with zero attached hydrogens (tertiary/aromatic N) is 1. The van der Waals surface area contributed by atoms with Crippen LogP contribution in [0.3, 0.4) is 0 Å². The van der Waals surface area contributed by atoms with Crippen molar-refractivity contribution >= 4 is 17.9 Å². The van der Waals surface area contributed by atoms with Gasteiger partial charge < -0.3 is 25.4 Å². The number of carbonyl (C=O) groups excluding carboxylic acids is 3. The molecule has 1 aromatic carbocycles. The highest BCUT2D eigenvalue weighted by Gasteiger charge is 2.31. The fraction of sp³-hybridized carbons (Fsp3) is 0.609. The van der Waals surface area contributed by atoms with E-state index >= 15 is 0 Å². The zero-order valence-corrected chi connectivity index (χ0v) is 19.2. The van der Waals surface area contributed by atoms with Crippen LogP contribution in [-0.4, -0.2) is 53.1 Å². The molecule has 172 valence electrons. The number of alkyl carbamates (subject to hydrolysis) is 1. The van der Waals surface area contributed by atoms with Crippen molar-refractivity contribution in [2.75, 3.05) is 13.6 Å². The number of carbonyl (C=O) groups is 3. The average Bonchev–Trinajstić information content (AvgIpc) is 2.68. The molecule has 0 spiro atoms. The van der Waals surface area contributed by atoms with Crippen molar-refractivity contribution in [2.24, 2.45) is 0 Å². The van der Waals surface area contributed by atoms with Gasteiger partial charge in [-0.1, -0.05) is 25.3 Å². The van der Waals surface area contributed by atoms with Crippen LogP contribution >= 0.6 is 0 Å². The van der Waals surface area contributed by atoms with Crippen LogP contribution in [0.2, 0.25) is 0 Å². The van der Waals surface area contributed by atoms with Gasteiger partial charge in [0.05, 0.1) is 0 Å². The van der Waals surface area contributed by atoms with Crippen molar-refractivity contribution in [2.45, 2.75) is 77.5 Å². The number of nitrogens with one attached hydrogen (secondary N) is 2. The molecule has 0 heterocycles. The van der Waals surface area contributed by atoms with Crippen molar-refractivity contribution in [3.8, 4) is 5.75 Å². The number of aromatic hydroxyl groups is 1. The summed E-state index contributed by atoms with van der Waals surface area (Å²) < 4.78 is 5.16. The van der Waals surface area contributed by atoms with E-state index in [0.717, 1.165) is 25.7 Å². The minimum absolute atomic E-state index is 0.0883. The maximum atomic E-state index is 13.2. The maximum absolute atomic E-state index is 13.2. The molecule has 2 rings (SSSR count). The molecule has 0 bridgehead atoms. The second-order valence-corrected chi connectivity index (χ2v) is 9.15. The lowest BCUT2D eigenvalue weighted by molar-refractivity contribution is -0.139. The topological polar surface area (TPSA) is 108 Å². The number of aryl methyl sites for hydroxylation is 1. The first-order chi connectivity index (χ1) is 14.5. The van der Waals surface area contributed by atoms with Gasteiger partial charge in [-0.3, -0.25) is 9.59 Å². The lowest BCUT2D eigenvalue weighted by Crippen LogP contribution is -2.48. The SMILES string of the molecule is Cc1cc(C(C(=O)NC2CCCCC2)N(C)C(=O)CNC(=O)OC(C)(C)C)ccc1O. The summed E-state index contributed by atoms with van der Waals surface area (Å²) in [6, 6.07) is 4.06. The Morgan fingerprint density at radius 3 is 2.42 bits per heavy atom. The number of hydrogen-bond donors (Lipinski definition) is 3. The lowest BCUT2D eigenvalue weighted by Gasteiger charge is -2.31. The Kier molecular flexibility index (Phi) is 8.30. The standard InChI is InChI=1S/C23H35N3O5/c1-15-13-16(11-12-18(15)27)20(21(29)25-17-9-7-6-8-10-17)26(5)19(28)14-24-22(30)31-23(2,3)4/h11-13,17,20,27H,6-10,14H2,1-5H3,(H,24,30)(H,25,29). The molecule has 1 atom stereocenters. The van der Waals surface area contributed by atoms with Gasteiger partial charge in [-0.15, -0.1) is 0 Å². The predicted molar refractivity (Wildman–Crippen MR) is 118 cm³/mol. The van der Waals surface area contributed by atoms with Gasteiger partial charge in [0, 0.05) is 13.1 Å². The van der Waals surface area contributed by atoms with Crippen LogP contribution in [0.4, 0.5) is 4.79 Å². The van der Waals surface area contributed by atoms with Gasteiger partial charge in [-0.2, -0.15) is 0 Å². The summed E-state index contributed by atoms with van der Waals surface area (Å²) in [5.74, 6) is -0.582. The molecule has 1 fully saturated rings. The molecular formula is C23H35N3O5. The molecule has 3 N–H and O–H groups in total. The van der Waals surface area contributed by atoms with Crippen LogP contribution in [0.15, 0.2) is 18.2 Å². The Balaban J connectivity index is 2.15. The molecule has 3 amide bonds. The second kappa shape index (κ2) is 10.5. The molecular weight excluding hydrogens is 398 g/mol. The third-order valence-electron chi connectivity index (χ3n) is 5.30. The molecule has 1 saturated carbocycles. The fourth-order valence-corrected chi connectivity index (χ4v) is 3.66. The number of likely N-dealkylation sites (N-methyl/N-ethyl adjacent to an activating group) is 1. The largest absolute Gasteiger partial charge is 0.508 e. The summed E-state index contributed by atoms with van der Waals surface area (Å²) in [5, 5.41) is 15.4. The predicted octanol–water partition coefficient (Wildman–Crippen LogP) is 3.17. The zero-order valence-electron chi connectivity index (χ0n) is 19.2. The van der Waals surface area contributed by atoms with Gasteiger partial charge >= 0.3 is 6.09 Å². The van der Waals surface area contributed by atoms with Crippen LogP contribution in [0.25, 0.3) is 0 Å². The quantitative estimate of drug-likeness (QED) is 0.639. The Morgan fingerprint density at radius 2 is 1.84 bits per heavy atom. The highest BCUT2D eigenvalue weighted by molar-refractivity contribution is 5.90. The number of phenolic OH excluding ortho intramolecular Hbond substituents is 1. The fourth-order valence-electron chi connectivity index (χ4n) is 3.66. The highest BCUT2D eigenvalue weighted by atomic mass is 16.6. The van der Waals surface area contributed by atoms with Gasteiger partial charge in [0.15, 0.2) is 0 Å². The summed E-state index contributed by atoms with van der Waals surface area (Å²) in [5.41, 5.74) is 0.530. The Bertz CT molecular complexity index is 797. The van der Waals surface area contributed by atoms with E-state index in [4.69, 9.17) is 4.74 Å². The molecule has 1 aromatic rings. The van der Waals surface area contributed by atoms with E-state index < -0.39 is 23.6 Å². The summed E-state index contributed by atoms with van der Waals surface area (Å²) >= 11 is 0. The number of amides is 3. The van der Waals surface area contributed by atoms with E-state index in [9.17, 15) is 19.5 Å². The van der Waals surface area contributed by atoms with Crippen molar-refractivity contribution < 1.29 is 24.2 Å². The molecule has 1 aliphatic rings. The van der Waals surface area contributed by atoms with Crippen molar-refractivity contribution in [1.82, 2.24) is 15.5 Å². The van der Waals surface area contributed by atoms with Crippen LogP contribution in [0.1, 0.15) is 70.0 Å². The summed E-state index contributed by atoms with van der Waals surface area (Å²) in [6.45, 7) is 6.65. The van der Waals surface area contributed by atoms with Crippen molar-refractivity contribution in [3.05, 3.63) is 29.3 Å². The number of ether oxygens (including phenoxy) is 1. The second-order valence-electron chi connectivity index (χ2n) is 9.15. The number of rotatable bonds is 6. The lowest BCUT2D eigenvalue weighted by atomic mass is 9.94. The Morgan fingerprint density at radius 1 is 1.19 bits per heavy atom. The normalized spacial score (nSPS) is 15.6. The van der Waals surface area contributed by atoms with Gasteiger partial charge in [0.1, 0.15) is 23.9 Å². The van der Waals surface area contributed by atoms with Crippen molar-refractivity contribution in [1.29, 1.82) is 0 Å². The third-order valence-corrected chi connectivity index (χ3v) is 5.30. The molecule has 0 aliphatic heterocycles. The maximum Gasteiger partial charge on any atom is 0.408 e. The first-order valence-corrected chi connectivity index (χ1v) is 10.8. The van der Waals surface area contributed by atoms with Crippen molar-refractivity contribution in [3.63, 3.8) is 0 Å². The van der Waals surface area contributed by atoms with Crippen LogP contribution < -0.4 is 10.6 Å². The van der Waals surface area contributed by atoms with E-state index in [1.54, 1.807) is 39.8 Å². The van der Waals surface area contributed by atoms with Crippen LogP contribution in [0.5, 0.6) is 5.75 Å². The van der Waals surface area contributed by atoms with E-state index in [0.29, 0.717) is 11.1 Å². The smallest absolute Gasteiger partial charge is 0.408 e. The molecule has 1 unspecified atom stereocenters. The van der Waals surface area contributed by atoms with Crippen LogP contribution in [-0.2, 0) is 14.3 Å². The third kappa shape index (κ3) is 7.45. The minimum Gasteiger partial charge on any atom is -0.508 e. The molecule has 0 aromatic heterocycles. The van der Waals surface area contributed by atoms with E-state index in [1.807, 2.05) is 0 Å². The summed E-state index contributed by atoms with van der Waals surface area (Å²) in [4.78, 5) is 39.2. The molecule has 8 nitrogen and oxygen atoms in total. The Hall–Kier alpha value is -2.77. The van der Waals surface area contributed by atoms with Gasteiger partial charge in [-0.05, 0) is 63.8 Å². The van der Waals surface area contributed by atoms with E-state index in [1.165, 1.54) is 24.4 Å². The van der Waals surface area contributed by atoms with E-state index in [2.05, 4.69) is 10.6 Å². The molecule has 1 aliphatic carbocycles. The monoisotopic (exact) mass is 433 g/mol. The molecule has 31 heavy (non-hydrogen) atoms. The molecule has 0 saturated heterocycles. The number of hydrogen-bond acceptors (Lipinski definition) is 5. The van der Waals surface area contributed by atoms with Crippen LogP contribution in [0, 0.1) is 6.92 Å².